The number of amides is 1. The lowest BCUT2D eigenvalue weighted by Crippen LogP contribution is -2.48. The van der Waals surface area contributed by atoms with Crippen LogP contribution in [0.4, 0.5) is 5.69 Å². The quantitative estimate of drug-likeness (QED) is 0.800. The van der Waals surface area contributed by atoms with Crippen molar-refractivity contribution in [1.82, 2.24) is 5.32 Å². The van der Waals surface area contributed by atoms with Crippen LogP contribution in [0.25, 0.3) is 0 Å². The number of nitrogens with zero attached hydrogens (tertiary/aromatic N) is 2. The number of rotatable bonds is 5. The number of carbonyl (C=O) groups is 1. The summed E-state index contributed by atoms with van der Waals surface area (Å²) in [4.78, 5) is 19.8. The molecule has 1 N–H and O–H groups in total. The maximum Gasteiger partial charge on any atom is 0.221 e. The Morgan fingerprint density at radius 3 is 2.55 bits per heavy atom. The number of likely N-dealkylation sites (N-methyl/N-ethyl adjacent to an activating group) is 1. The molecule has 1 heterocycles. The number of anilines is 1. The van der Waals surface area contributed by atoms with Gasteiger partial charge in [0.05, 0.1) is 12.3 Å². The zero-order valence-electron chi connectivity index (χ0n) is 17.3. The molecule has 1 atom stereocenters. The average molecular weight is 390 g/mol. The van der Waals surface area contributed by atoms with Gasteiger partial charge in [-0.05, 0) is 18.4 Å². The molecule has 4 heteroatoms. The largest absolute Gasteiger partial charge is 0.352 e. The number of nitrogens with one attached hydrogen (secondary N) is 1. The first kappa shape index (κ1) is 19.7. The molecule has 2 aliphatic rings. The van der Waals surface area contributed by atoms with Crippen molar-refractivity contribution in [2.45, 2.75) is 51.1 Å². The van der Waals surface area contributed by atoms with E-state index in [-0.39, 0.29) is 12.1 Å². The number of benzodiazepines with no additional fused rings is 1. The molecule has 0 radical (unpaired) electrons. The first-order chi connectivity index (χ1) is 14.2. The van der Waals surface area contributed by atoms with E-state index < -0.39 is 0 Å². The van der Waals surface area contributed by atoms with Crippen molar-refractivity contribution in [3.63, 3.8) is 0 Å². The molecular weight excluding hydrogens is 358 g/mol. The highest BCUT2D eigenvalue weighted by Gasteiger charge is 2.25. The van der Waals surface area contributed by atoms with E-state index in [1.54, 1.807) is 0 Å². The topological polar surface area (TPSA) is 44.7 Å². The lowest BCUT2D eigenvalue weighted by molar-refractivity contribution is -0.122. The third-order valence-corrected chi connectivity index (χ3v) is 6.31. The summed E-state index contributed by atoms with van der Waals surface area (Å²) < 4.78 is 0. The van der Waals surface area contributed by atoms with E-state index in [1.807, 2.05) is 37.4 Å². The van der Waals surface area contributed by atoms with Crippen LogP contribution in [-0.4, -0.2) is 31.4 Å². The lowest BCUT2D eigenvalue weighted by atomic mass is 9.86. The summed E-state index contributed by atoms with van der Waals surface area (Å²) in [5.41, 5.74) is 4.31. The van der Waals surface area contributed by atoms with Crippen LogP contribution in [0.2, 0.25) is 0 Å². The summed E-state index contributed by atoms with van der Waals surface area (Å²) in [5, 5.41) is 3.24. The van der Waals surface area contributed by atoms with Gasteiger partial charge in [-0.1, -0.05) is 80.6 Å². The highest BCUT2D eigenvalue weighted by atomic mass is 16.1. The van der Waals surface area contributed by atoms with Crippen LogP contribution < -0.4 is 10.2 Å². The van der Waals surface area contributed by atoms with Crippen LogP contribution in [0.3, 0.4) is 0 Å². The molecule has 2 aromatic rings. The monoisotopic (exact) mass is 389 g/mol. The first-order valence-corrected chi connectivity index (χ1v) is 10.9. The number of benzene rings is 2. The zero-order valence-corrected chi connectivity index (χ0v) is 17.3. The SMILES string of the molecule is CN1c2ccccc2C(c2ccccc2)=NCC1NC(=O)CCC1CCCCC1. The first-order valence-electron chi connectivity index (χ1n) is 10.9. The summed E-state index contributed by atoms with van der Waals surface area (Å²) in [6.07, 6.45) is 8.08. The predicted octanol–water partition coefficient (Wildman–Crippen LogP) is 4.78. The van der Waals surface area contributed by atoms with Crippen LogP contribution in [-0.2, 0) is 4.79 Å². The van der Waals surface area contributed by atoms with Crippen LogP contribution in [0.5, 0.6) is 0 Å². The van der Waals surface area contributed by atoms with E-state index in [0.717, 1.165) is 34.9 Å². The average Bonchev–Trinajstić information content (AvgIpc) is 2.91. The molecule has 1 fully saturated rings. The third kappa shape index (κ3) is 4.69. The molecule has 152 valence electrons. The Labute approximate surface area is 174 Å². The number of hydrogen-bond acceptors (Lipinski definition) is 3. The number of aliphatic imine (C=N–C) groups is 1. The molecule has 1 saturated carbocycles. The summed E-state index contributed by atoms with van der Waals surface area (Å²) in [6.45, 7) is 0.546. The Morgan fingerprint density at radius 2 is 1.76 bits per heavy atom. The van der Waals surface area contributed by atoms with Gasteiger partial charge in [0, 0.05) is 30.3 Å². The minimum absolute atomic E-state index is 0.129. The number of para-hydroxylation sites is 1. The van der Waals surface area contributed by atoms with Crippen LogP contribution >= 0.6 is 0 Å². The van der Waals surface area contributed by atoms with Gasteiger partial charge in [0.2, 0.25) is 5.91 Å². The van der Waals surface area contributed by atoms with E-state index in [4.69, 9.17) is 4.99 Å². The van der Waals surface area contributed by atoms with Crippen molar-refractivity contribution < 1.29 is 4.79 Å². The van der Waals surface area contributed by atoms with Gasteiger partial charge >= 0.3 is 0 Å². The molecule has 1 unspecified atom stereocenters. The summed E-state index contributed by atoms with van der Waals surface area (Å²) >= 11 is 0. The fourth-order valence-corrected chi connectivity index (χ4v) is 4.59. The molecule has 1 aliphatic heterocycles. The van der Waals surface area contributed by atoms with Gasteiger partial charge in [0.15, 0.2) is 0 Å². The molecule has 1 amide bonds. The molecule has 4 nitrogen and oxygen atoms in total. The number of hydrogen-bond donors (Lipinski definition) is 1. The second-order valence-electron chi connectivity index (χ2n) is 8.31. The van der Waals surface area contributed by atoms with Crippen molar-refractivity contribution in [3.05, 3.63) is 65.7 Å². The fraction of sp³-hybridized carbons (Fsp3) is 0.440. The second-order valence-corrected chi connectivity index (χ2v) is 8.31. The van der Waals surface area contributed by atoms with Crippen molar-refractivity contribution in [2.75, 3.05) is 18.5 Å². The molecule has 4 rings (SSSR count). The molecule has 2 aromatic carbocycles. The number of fused-ring (bicyclic) bond motifs is 1. The third-order valence-electron chi connectivity index (χ3n) is 6.31. The van der Waals surface area contributed by atoms with Crippen LogP contribution in [0, 0.1) is 5.92 Å². The normalized spacial score (nSPS) is 19.8. The van der Waals surface area contributed by atoms with E-state index in [2.05, 4.69) is 34.5 Å². The Hall–Kier alpha value is -2.62. The summed E-state index contributed by atoms with van der Waals surface area (Å²) in [6, 6.07) is 18.6. The van der Waals surface area contributed by atoms with Gasteiger partial charge in [0.1, 0.15) is 6.17 Å². The highest BCUT2D eigenvalue weighted by Crippen LogP contribution is 2.28. The minimum Gasteiger partial charge on any atom is -0.352 e. The smallest absolute Gasteiger partial charge is 0.221 e. The van der Waals surface area contributed by atoms with Gasteiger partial charge in [-0.15, -0.1) is 0 Å². The zero-order chi connectivity index (χ0) is 20.1. The molecule has 0 spiro atoms. The standard InChI is InChI=1S/C25H31N3O/c1-28-22-15-9-8-14-21(22)25(20-12-6-3-7-13-20)26-18-23(28)27-24(29)17-16-19-10-4-2-5-11-19/h3,6-9,12-15,19,23H,2,4-5,10-11,16-18H2,1H3,(H,27,29). The second kappa shape index (κ2) is 9.25. The van der Waals surface area contributed by atoms with Crippen LogP contribution in [0.15, 0.2) is 59.6 Å². The van der Waals surface area contributed by atoms with Crippen molar-refractivity contribution in [2.24, 2.45) is 10.9 Å². The van der Waals surface area contributed by atoms with E-state index in [1.165, 1.54) is 32.1 Å². The molecular formula is C25H31N3O. The van der Waals surface area contributed by atoms with Crippen molar-refractivity contribution >= 4 is 17.3 Å². The van der Waals surface area contributed by atoms with Crippen molar-refractivity contribution in [3.8, 4) is 0 Å². The molecule has 0 saturated heterocycles. The number of carbonyl (C=O) groups excluding carboxylic acids is 1. The molecule has 0 aromatic heterocycles. The van der Waals surface area contributed by atoms with Gasteiger partial charge in [-0.25, -0.2) is 0 Å². The fourth-order valence-electron chi connectivity index (χ4n) is 4.59. The Balaban J connectivity index is 1.49. The predicted molar refractivity (Wildman–Crippen MR) is 120 cm³/mol. The molecule has 0 bridgehead atoms. The molecule has 1 aliphatic carbocycles. The summed E-state index contributed by atoms with van der Waals surface area (Å²) in [7, 11) is 2.05. The van der Waals surface area contributed by atoms with Gasteiger partial charge in [-0.2, -0.15) is 0 Å². The molecule has 29 heavy (non-hydrogen) atoms. The van der Waals surface area contributed by atoms with Gasteiger partial charge in [-0.3, -0.25) is 9.79 Å². The Bertz CT molecular complexity index is 855. The Morgan fingerprint density at radius 1 is 1.03 bits per heavy atom. The van der Waals surface area contributed by atoms with E-state index in [9.17, 15) is 4.79 Å². The van der Waals surface area contributed by atoms with E-state index >= 15 is 0 Å². The Kier molecular flexibility index (Phi) is 6.28. The maximum atomic E-state index is 12.7. The van der Waals surface area contributed by atoms with Gasteiger partial charge in [0.25, 0.3) is 0 Å². The van der Waals surface area contributed by atoms with Crippen molar-refractivity contribution in [1.29, 1.82) is 0 Å². The minimum atomic E-state index is -0.129. The van der Waals surface area contributed by atoms with Gasteiger partial charge < -0.3 is 10.2 Å². The summed E-state index contributed by atoms with van der Waals surface area (Å²) in [5.74, 6) is 0.869. The highest BCUT2D eigenvalue weighted by molar-refractivity contribution is 6.16. The van der Waals surface area contributed by atoms with E-state index in [0.29, 0.717) is 13.0 Å². The lowest BCUT2D eigenvalue weighted by Gasteiger charge is -2.29. The maximum absolute atomic E-state index is 12.7. The van der Waals surface area contributed by atoms with Crippen LogP contribution in [0.1, 0.15) is 56.1 Å².